The van der Waals surface area contributed by atoms with E-state index in [1.165, 1.54) is 0 Å². The first-order valence-electron chi connectivity index (χ1n) is 4.63. The summed E-state index contributed by atoms with van der Waals surface area (Å²) in [6.45, 7) is 0. The Balaban J connectivity index is 2.09. The van der Waals surface area contributed by atoms with Gasteiger partial charge in [-0.25, -0.2) is 4.79 Å². The van der Waals surface area contributed by atoms with Crippen molar-refractivity contribution in [1.29, 1.82) is 0 Å². The monoisotopic (exact) mass is 179 g/mol. The molecule has 0 aromatic rings. The Kier molecular flexibility index (Phi) is 2.08. The maximum absolute atomic E-state index is 10.7. The summed E-state index contributed by atoms with van der Waals surface area (Å²) in [4.78, 5) is 10.7. The number of piperidine rings is 1. The average Bonchev–Trinajstić information content (AvgIpc) is 2.17. The number of aliphatic carboxylic acids is 1. The van der Waals surface area contributed by atoms with E-state index in [2.05, 4.69) is 11.4 Å². The van der Waals surface area contributed by atoms with E-state index in [4.69, 9.17) is 5.11 Å². The van der Waals surface area contributed by atoms with Crippen molar-refractivity contribution in [3.8, 4) is 0 Å². The summed E-state index contributed by atoms with van der Waals surface area (Å²) >= 11 is 0. The second-order valence-corrected chi connectivity index (χ2v) is 3.60. The maximum atomic E-state index is 10.7. The van der Waals surface area contributed by atoms with Crippen LogP contribution in [0.3, 0.4) is 0 Å². The Hall–Kier alpha value is -1.25. The molecule has 2 rings (SSSR count). The minimum atomic E-state index is -0.742. The highest BCUT2D eigenvalue weighted by Crippen LogP contribution is 2.28. The first kappa shape index (κ1) is 8.35. The highest BCUT2D eigenvalue weighted by molar-refractivity contribution is 5.74. The van der Waals surface area contributed by atoms with Crippen LogP contribution in [-0.4, -0.2) is 17.1 Å². The van der Waals surface area contributed by atoms with E-state index in [9.17, 15) is 4.79 Å². The van der Waals surface area contributed by atoms with Crippen molar-refractivity contribution in [2.24, 2.45) is 5.92 Å². The molecule has 3 nitrogen and oxygen atoms in total. The van der Waals surface area contributed by atoms with Gasteiger partial charge in [-0.15, -0.1) is 0 Å². The normalized spacial score (nSPS) is 31.5. The molecule has 2 unspecified atom stereocenters. The zero-order chi connectivity index (χ0) is 9.26. The number of nitrogens with one attached hydrogen (secondary N) is 1. The highest BCUT2D eigenvalue weighted by atomic mass is 16.4. The minimum Gasteiger partial charge on any atom is -0.480 e. The van der Waals surface area contributed by atoms with Crippen LogP contribution in [0.1, 0.15) is 19.3 Å². The fourth-order valence-corrected chi connectivity index (χ4v) is 1.94. The van der Waals surface area contributed by atoms with Gasteiger partial charge in [0.1, 0.15) is 6.04 Å². The summed E-state index contributed by atoms with van der Waals surface area (Å²) in [6.07, 6.45) is 8.89. The van der Waals surface area contributed by atoms with Crippen LogP contribution in [0.4, 0.5) is 0 Å². The fraction of sp³-hybridized carbons (Fsp3) is 0.500. The van der Waals surface area contributed by atoms with Gasteiger partial charge in [0.25, 0.3) is 0 Å². The predicted octanol–water partition coefficient (Wildman–Crippen LogP) is 1.28. The van der Waals surface area contributed by atoms with Crippen LogP contribution in [0.15, 0.2) is 23.9 Å². The van der Waals surface area contributed by atoms with Crippen molar-refractivity contribution < 1.29 is 9.90 Å². The van der Waals surface area contributed by atoms with Crippen LogP contribution < -0.4 is 5.32 Å². The van der Waals surface area contributed by atoms with E-state index < -0.39 is 5.97 Å². The summed E-state index contributed by atoms with van der Waals surface area (Å²) in [6, 6.07) is -0.381. The number of carbonyl (C=O) groups is 1. The van der Waals surface area contributed by atoms with Gasteiger partial charge in [0, 0.05) is 11.6 Å². The summed E-state index contributed by atoms with van der Waals surface area (Å²) in [5.41, 5.74) is 1.10. The van der Waals surface area contributed by atoms with E-state index in [1.54, 1.807) is 0 Å². The molecule has 0 aromatic carbocycles. The van der Waals surface area contributed by atoms with Crippen LogP contribution in [-0.2, 0) is 4.79 Å². The molecule has 3 heteroatoms. The maximum Gasteiger partial charge on any atom is 0.326 e. The van der Waals surface area contributed by atoms with Crippen LogP contribution in [0.2, 0.25) is 0 Å². The Bertz CT molecular complexity index is 281. The lowest BCUT2D eigenvalue weighted by Crippen LogP contribution is -2.42. The van der Waals surface area contributed by atoms with Crippen LogP contribution in [0.5, 0.6) is 0 Å². The molecule has 0 radical (unpaired) electrons. The zero-order valence-electron chi connectivity index (χ0n) is 7.36. The van der Waals surface area contributed by atoms with Crippen LogP contribution in [0.25, 0.3) is 0 Å². The molecule has 0 spiro atoms. The molecule has 2 atom stereocenters. The molecule has 1 aliphatic heterocycles. The van der Waals surface area contributed by atoms with E-state index >= 15 is 0 Å². The molecule has 1 heterocycles. The third-order valence-electron chi connectivity index (χ3n) is 2.72. The smallest absolute Gasteiger partial charge is 0.326 e. The molecule has 2 aliphatic rings. The molecule has 1 saturated heterocycles. The molecule has 0 saturated carbocycles. The standard InChI is InChI=1S/C10H13NO2/c12-10(13)9-6-5-7-3-1-2-4-8(7)11-9/h1-2,4,7,9,11H,3,5-6H2,(H,12,13). The van der Waals surface area contributed by atoms with Crippen molar-refractivity contribution in [2.45, 2.75) is 25.3 Å². The van der Waals surface area contributed by atoms with E-state index in [-0.39, 0.29) is 6.04 Å². The molecule has 0 bridgehead atoms. The van der Waals surface area contributed by atoms with E-state index in [1.807, 2.05) is 12.2 Å². The van der Waals surface area contributed by atoms with Gasteiger partial charge in [0.05, 0.1) is 0 Å². The SMILES string of the molecule is O=C(O)C1CCC2CC=CC=C2N1. The highest BCUT2D eigenvalue weighted by Gasteiger charge is 2.28. The summed E-state index contributed by atoms with van der Waals surface area (Å²) in [5, 5.41) is 11.9. The van der Waals surface area contributed by atoms with Gasteiger partial charge in [-0.3, -0.25) is 0 Å². The average molecular weight is 179 g/mol. The summed E-state index contributed by atoms with van der Waals surface area (Å²) in [7, 11) is 0. The lowest BCUT2D eigenvalue weighted by atomic mass is 9.86. The number of carboxylic acids is 1. The second-order valence-electron chi connectivity index (χ2n) is 3.60. The third kappa shape index (κ3) is 1.59. The Morgan fingerprint density at radius 1 is 1.54 bits per heavy atom. The number of carboxylic acid groups (broad SMARTS) is 1. The Morgan fingerprint density at radius 3 is 3.15 bits per heavy atom. The van der Waals surface area contributed by atoms with Gasteiger partial charge in [0.15, 0.2) is 0 Å². The minimum absolute atomic E-state index is 0.381. The first-order valence-corrected chi connectivity index (χ1v) is 4.63. The second kappa shape index (κ2) is 3.24. The quantitative estimate of drug-likeness (QED) is 0.637. The molecular weight excluding hydrogens is 166 g/mol. The van der Waals surface area contributed by atoms with Crippen molar-refractivity contribution in [3.63, 3.8) is 0 Å². The van der Waals surface area contributed by atoms with Crippen molar-refractivity contribution in [1.82, 2.24) is 5.32 Å². The van der Waals surface area contributed by atoms with Gasteiger partial charge in [0.2, 0.25) is 0 Å². The third-order valence-corrected chi connectivity index (χ3v) is 2.72. The van der Waals surface area contributed by atoms with Gasteiger partial charge >= 0.3 is 5.97 Å². The van der Waals surface area contributed by atoms with Gasteiger partial charge in [-0.05, 0) is 25.3 Å². The van der Waals surface area contributed by atoms with Gasteiger partial charge in [-0.1, -0.05) is 12.2 Å². The fourth-order valence-electron chi connectivity index (χ4n) is 1.94. The zero-order valence-corrected chi connectivity index (χ0v) is 7.36. The number of rotatable bonds is 1. The topological polar surface area (TPSA) is 49.3 Å². The molecule has 0 aromatic heterocycles. The Morgan fingerprint density at radius 2 is 2.38 bits per heavy atom. The van der Waals surface area contributed by atoms with Crippen molar-refractivity contribution in [3.05, 3.63) is 23.9 Å². The predicted molar refractivity (Wildman–Crippen MR) is 49.1 cm³/mol. The molecule has 13 heavy (non-hydrogen) atoms. The number of fused-ring (bicyclic) bond motifs is 1. The number of allylic oxidation sites excluding steroid dienone is 4. The lowest BCUT2D eigenvalue weighted by molar-refractivity contribution is -0.139. The van der Waals surface area contributed by atoms with E-state index in [0.717, 1.165) is 25.0 Å². The molecule has 2 N–H and O–H groups in total. The number of hydrogen-bond acceptors (Lipinski definition) is 2. The van der Waals surface area contributed by atoms with Crippen LogP contribution >= 0.6 is 0 Å². The lowest BCUT2D eigenvalue weighted by Gasteiger charge is -2.31. The van der Waals surface area contributed by atoms with Gasteiger partial charge in [-0.2, -0.15) is 0 Å². The molecule has 70 valence electrons. The molecular formula is C10H13NO2. The van der Waals surface area contributed by atoms with Crippen molar-refractivity contribution in [2.75, 3.05) is 0 Å². The first-order chi connectivity index (χ1) is 6.27. The van der Waals surface area contributed by atoms with Gasteiger partial charge < -0.3 is 10.4 Å². The summed E-state index contributed by atoms with van der Waals surface area (Å²) < 4.78 is 0. The largest absolute Gasteiger partial charge is 0.480 e. The molecule has 1 fully saturated rings. The molecule has 0 amide bonds. The van der Waals surface area contributed by atoms with Crippen molar-refractivity contribution >= 4 is 5.97 Å². The summed E-state index contributed by atoms with van der Waals surface area (Å²) in [5.74, 6) is -0.213. The molecule has 1 aliphatic carbocycles. The number of hydrogen-bond donors (Lipinski definition) is 2. The van der Waals surface area contributed by atoms with E-state index in [0.29, 0.717) is 5.92 Å². The Labute approximate surface area is 77.1 Å². The van der Waals surface area contributed by atoms with Crippen LogP contribution in [0, 0.1) is 5.92 Å².